The van der Waals surface area contributed by atoms with E-state index in [9.17, 15) is 25.2 Å². The number of benzene rings is 1. The van der Waals surface area contributed by atoms with Crippen molar-refractivity contribution in [1.29, 1.82) is 0 Å². The van der Waals surface area contributed by atoms with Gasteiger partial charge in [0.1, 0.15) is 12.2 Å². The minimum absolute atomic E-state index is 0.239. The van der Waals surface area contributed by atoms with Crippen LogP contribution in [0.4, 0.5) is 0 Å². The number of carbonyl (C=O) groups is 1. The Hall–Kier alpha value is -2.11. The number of hydrogen-bond donors (Lipinski definition) is 4. The lowest BCUT2D eigenvalue weighted by Crippen LogP contribution is -2.62. The molecule has 1 aliphatic rings. The lowest BCUT2D eigenvalue weighted by atomic mass is 10.0. The molecule has 0 spiro atoms. The van der Waals surface area contributed by atoms with Crippen LogP contribution in [0.25, 0.3) is 0 Å². The third-order valence-corrected chi connectivity index (χ3v) is 4.27. The highest BCUT2D eigenvalue weighted by Crippen LogP contribution is 2.36. The molecule has 31 heavy (non-hydrogen) atoms. The summed E-state index contributed by atoms with van der Waals surface area (Å²) in [6, 6.07) is 1.86. The van der Waals surface area contributed by atoms with Gasteiger partial charge in [-0.15, -0.1) is 0 Å². The Morgan fingerprint density at radius 1 is 0.839 bits per heavy atom. The molecule has 1 saturated heterocycles. The molecule has 5 atom stereocenters. The van der Waals surface area contributed by atoms with Gasteiger partial charge in [-0.1, -0.05) is 0 Å². The highest BCUT2D eigenvalue weighted by atomic mass is 16.8. The smallest absolute Gasteiger partial charge is 0.338 e. The van der Waals surface area contributed by atoms with E-state index in [1.54, 1.807) is 41.5 Å². The first kappa shape index (κ1) is 25.2. The van der Waals surface area contributed by atoms with Gasteiger partial charge in [-0.25, -0.2) is 4.79 Å². The van der Waals surface area contributed by atoms with Crippen LogP contribution in [0.15, 0.2) is 12.1 Å². The fraction of sp³-hybridized carbons (Fsp3) is 0.667. The van der Waals surface area contributed by atoms with Gasteiger partial charge in [0, 0.05) is 0 Å². The summed E-state index contributed by atoms with van der Waals surface area (Å²) in [5.74, 6) is -3.15. The summed E-state index contributed by atoms with van der Waals surface area (Å²) in [4.78, 5) is 12.7. The summed E-state index contributed by atoms with van der Waals surface area (Å²) in [5.41, 5.74) is -0.245. The monoisotopic (exact) mass is 444 g/mol. The second kappa shape index (κ2) is 10.5. The standard InChI is InChI=1S/C21H32O10/c1-9(2)27-17-16(25)18(21(29-11(5)6)31-20(17)28-10(3)4)30-19(26)12-7-13(22)15(24)14(23)8-12/h7-11,16-18,20-25H,1-6H3. The molecular weight excluding hydrogens is 412 g/mol. The van der Waals surface area contributed by atoms with E-state index in [1.165, 1.54) is 0 Å². The Balaban J connectivity index is 2.33. The molecule has 10 nitrogen and oxygen atoms in total. The Morgan fingerprint density at radius 3 is 1.74 bits per heavy atom. The van der Waals surface area contributed by atoms with Crippen LogP contribution in [-0.2, 0) is 23.7 Å². The van der Waals surface area contributed by atoms with Crippen LogP contribution < -0.4 is 0 Å². The highest BCUT2D eigenvalue weighted by Gasteiger charge is 2.50. The molecule has 0 amide bonds. The van der Waals surface area contributed by atoms with Crippen LogP contribution in [0.3, 0.4) is 0 Å². The van der Waals surface area contributed by atoms with Crippen molar-refractivity contribution in [3.63, 3.8) is 0 Å². The number of ether oxygens (including phenoxy) is 5. The van der Waals surface area contributed by atoms with Crippen molar-refractivity contribution in [1.82, 2.24) is 0 Å². The second-order valence-electron chi connectivity index (χ2n) is 8.12. The van der Waals surface area contributed by atoms with Crippen molar-refractivity contribution in [2.75, 3.05) is 0 Å². The summed E-state index contributed by atoms with van der Waals surface area (Å²) in [7, 11) is 0. The van der Waals surface area contributed by atoms with Gasteiger partial charge in [-0.05, 0) is 53.7 Å². The fourth-order valence-electron chi connectivity index (χ4n) is 3.05. The molecule has 1 aromatic rings. The van der Waals surface area contributed by atoms with E-state index >= 15 is 0 Å². The number of rotatable bonds is 8. The molecule has 4 N–H and O–H groups in total. The van der Waals surface area contributed by atoms with E-state index in [-0.39, 0.29) is 23.9 Å². The first-order valence-corrected chi connectivity index (χ1v) is 10.2. The van der Waals surface area contributed by atoms with Crippen molar-refractivity contribution in [2.24, 2.45) is 0 Å². The van der Waals surface area contributed by atoms with Crippen molar-refractivity contribution in [3.8, 4) is 17.2 Å². The van der Waals surface area contributed by atoms with Crippen LogP contribution in [0, 0.1) is 0 Å². The van der Waals surface area contributed by atoms with Crippen LogP contribution in [0.5, 0.6) is 17.2 Å². The number of aliphatic hydroxyl groups excluding tert-OH is 1. The average molecular weight is 444 g/mol. The van der Waals surface area contributed by atoms with Crippen molar-refractivity contribution in [2.45, 2.75) is 90.7 Å². The summed E-state index contributed by atoms with van der Waals surface area (Å²) < 4.78 is 28.5. The van der Waals surface area contributed by atoms with E-state index in [4.69, 9.17) is 23.7 Å². The maximum Gasteiger partial charge on any atom is 0.338 e. The maximum atomic E-state index is 12.7. The molecule has 0 aliphatic carbocycles. The largest absolute Gasteiger partial charge is 0.504 e. The zero-order valence-electron chi connectivity index (χ0n) is 18.5. The van der Waals surface area contributed by atoms with E-state index in [0.29, 0.717) is 0 Å². The third-order valence-electron chi connectivity index (χ3n) is 4.27. The Morgan fingerprint density at radius 2 is 1.29 bits per heavy atom. The van der Waals surface area contributed by atoms with E-state index in [0.717, 1.165) is 12.1 Å². The molecule has 0 aromatic heterocycles. The predicted octanol–water partition coefficient (Wildman–Crippen LogP) is 2.02. The summed E-state index contributed by atoms with van der Waals surface area (Å²) in [6.07, 6.45) is -6.65. The normalized spacial score (nSPS) is 26.6. The average Bonchev–Trinajstić information content (AvgIpc) is 2.64. The van der Waals surface area contributed by atoms with Gasteiger partial charge in [0.25, 0.3) is 0 Å². The third kappa shape index (κ3) is 6.44. The zero-order valence-corrected chi connectivity index (χ0v) is 18.5. The van der Waals surface area contributed by atoms with Gasteiger partial charge in [0.15, 0.2) is 29.6 Å². The Kier molecular flexibility index (Phi) is 8.49. The lowest BCUT2D eigenvalue weighted by molar-refractivity contribution is -0.367. The molecule has 1 aliphatic heterocycles. The summed E-state index contributed by atoms with van der Waals surface area (Å²) in [5, 5.41) is 39.8. The van der Waals surface area contributed by atoms with Crippen LogP contribution in [0.1, 0.15) is 51.9 Å². The van der Waals surface area contributed by atoms with Gasteiger partial charge in [0.2, 0.25) is 6.29 Å². The minimum atomic E-state index is -1.37. The number of phenolic OH excluding ortho intramolecular Hbond substituents is 3. The molecule has 0 radical (unpaired) electrons. The van der Waals surface area contributed by atoms with E-state index in [2.05, 4.69) is 0 Å². The number of aliphatic hydroxyl groups is 1. The topological polar surface area (TPSA) is 144 Å². The number of phenols is 3. The first-order chi connectivity index (χ1) is 14.4. The molecule has 0 saturated carbocycles. The molecule has 1 heterocycles. The highest BCUT2D eigenvalue weighted by molar-refractivity contribution is 5.91. The fourth-order valence-corrected chi connectivity index (χ4v) is 3.05. The molecule has 5 unspecified atom stereocenters. The van der Waals surface area contributed by atoms with Crippen molar-refractivity contribution in [3.05, 3.63) is 17.7 Å². The van der Waals surface area contributed by atoms with Crippen LogP contribution in [-0.4, -0.2) is 75.6 Å². The number of esters is 1. The SMILES string of the molecule is CC(C)OC1OC(OC(C)C)C(OC(C)C)C(O)C1OC(=O)c1cc(O)c(O)c(O)c1. The minimum Gasteiger partial charge on any atom is -0.504 e. The quantitative estimate of drug-likeness (QED) is 0.347. The molecule has 1 aromatic carbocycles. The molecule has 2 rings (SSSR count). The molecular formula is C21H32O10. The summed E-state index contributed by atoms with van der Waals surface area (Å²) >= 11 is 0. The number of carbonyl (C=O) groups excluding carboxylic acids is 1. The molecule has 10 heteroatoms. The van der Waals surface area contributed by atoms with Gasteiger partial charge < -0.3 is 44.1 Å². The first-order valence-electron chi connectivity index (χ1n) is 10.2. The van der Waals surface area contributed by atoms with Crippen LogP contribution >= 0.6 is 0 Å². The Bertz CT molecular complexity index is 725. The molecule has 176 valence electrons. The number of aromatic hydroxyl groups is 3. The maximum absolute atomic E-state index is 12.7. The summed E-state index contributed by atoms with van der Waals surface area (Å²) in [6.45, 7) is 10.7. The Labute approximate surface area is 181 Å². The van der Waals surface area contributed by atoms with E-state index in [1.807, 2.05) is 0 Å². The second-order valence-corrected chi connectivity index (χ2v) is 8.12. The van der Waals surface area contributed by atoms with Crippen molar-refractivity contribution >= 4 is 5.97 Å². The van der Waals surface area contributed by atoms with Gasteiger partial charge in [-0.2, -0.15) is 0 Å². The molecule has 0 bridgehead atoms. The lowest BCUT2D eigenvalue weighted by Gasteiger charge is -2.44. The zero-order chi connectivity index (χ0) is 23.5. The number of hydrogen-bond acceptors (Lipinski definition) is 10. The van der Waals surface area contributed by atoms with Crippen molar-refractivity contribution < 1.29 is 48.9 Å². The van der Waals surface area contributed by atoms with E-state index < -0.39 is 54.1 Å². The van der Waals surface area contributed by atoms with Gasteiger partial charge in [-0.3, -0.25) is 0 Å². The van der Waals surface area contributed by atoms with Gasteiger partial charge >= 0.3 is 5.97 Å². The molecule has 1 fully saturated rings. The predicted molar refractivity (Wildman–Crippen MR) is 108 cm³/mol. The van der Waals surface area contributed by atoms with Gasteiger partial charge in [0.05, 0.1) is 23.9 Å². The van der Waals surface area contributed by atoms with Crippen LogP contribution in [0.2, 0.25) is 0 Å².